The van der Waals surface area contributed by atoms with Gasteiger partial charge in [-0.1, -0.05) is 6.07 Å². The van der Waals surface area contributed by atoms with Gasteiger partial charge < -0.3 is 15.6 Å². The van der Waals surface area contributed by atoms with Crippen molar-refractivity contribution in [1.82, 2.24) is 0 Å². The highest BCUT2D eigenvalue weighted by Gasteiger charge is 2.23. The van der Waals surface area contributed by atoms with E-state index in [-0.39, 0.29) is 23.1 Å². The van der Waals surface area contributed by atoms with E-state index >= 15 is 0 Å². The first-order chi connectivity index (χ1) is 7.97. The highest BCUT2D eigenvalue weighted by Crippen LogP contribution is 2.21. The molecule has 0 fully saturated rings. The quantitative estimate of drug-likeness (QED) is 0.810. The molecule has 0 spiro atoms. The van der Waals surface area contributed by atoms with Gasteiger partial charge in [0.1, 0.15) is 28.8 Å². The first-order valence-corrected chi connectivity index (χ1v) is 6.14. The Morgan fingerprint density at radius 1 is 1.41 bits per heavy atom. The fourth-order valence-electron chi connectivity index (χ4n) is 1.31. The maximum absolute atomic E-state index is 11.4. The molecule has 0 aromatic heterocycles. The van der Waals surface area contributed by atoms with Gasteiger partial charge in [-0.15, -0.1) is 4.40 Å². The van der Waals surface area contributed by atoms with Crippen molar-refractivity contribution >= 4 is 15.9 Å². The van der Waals surface area contributed by atoms with Gasteiger partial charge in [0.05, 0.1) is 0 Å². The molecule has 0 radical (unpaired) electrons. The van der Waals surface area contributed by atoms with Gasteiger partial charge >= 0.3 is 0 Å². The minimum atomic E-state index is -3.68. The van der Waals surface area contributed by atoms with Crippen LogP contribution in [-0.4, -0.2) is 26.0 Å². The Bertz CT molecular complexity index is 604. The van der Waals surface area contributed by atoms with Gasteiger partial charge in [-0.05, 0) is 12.1 Å². The third-order valence-electron chi connectivity index (χ3n) is 2.06. The normalized spacial score (nSPS) is 17.4. The van der Waals surface area contributed by atoms with Crippen LogP contribution in [0.4, 0.5) is 0 Å². The van der Waals surface area contributed by atoms with Crippen molar-refractivity contribution in [3.63, 3.8) is 0 Å². The van der Waals surface area contributed by atoms with Gasteiger partial charge in [0.2, 0.25) is 0 Å². The SMILES string of the molecule is NC1=NS(=O)(=O)C(COc2cccc(O)c2)=C1. The van der Waals surface area contributed by atoms with Crippen molar-refractivity contribution in [2.45, 2.75) is 0 Å². The summed E-state index contributed by atoms with van der Waals surface area (Å²) in [5.74, 6) is 0.354. The van der Waals surface area contributed by atoms with Gasteiger partial charge in [0.15, 0.2) is 0 Å². The van der Waals surface area contributed by atoms with Crippen molar-refractivity contribution in [3.05, 3.63) is 35.2 Å². The van der Waals surface area contributed by atoms with Crippen LogP contribution in [0.15, 0.2) is 39.6 Å². The van der Waals surface area contributed by atoms with Gasteiger partial charge in [0.25, 0.3) is 10.0 Å². The monoisotopic (exact) mass is 254 g/mol. The van der Waals surface area contributed by atoms with Crippen molar-refractivity contribution in [2.24, 2.45) is 10.1 Å². The molecule has 6 nitrogen and oxygen atoms in total. The van der Waals surface area contributed by atoms with E-state index in [4.69, 9.17) is 10.5 Å². The van der Waals surface area contributed by atoms with Crippen LogP contribution < -0.4 is 10.5 Å². The maximum Gasteiger partial charge on any atom is 0.283 e. The lowest BCUT2D eigenvalue weighted by molar-refractivity contribution is 0.355. The largest absolute Gasteiger partial charge is 0.508 e. The summed E-state index contributed by atoms with van der Waals surface area (Å²) in [7, 11) is -3.68. The van der Waals surface area contributed by atoms with E-state index in [2.05, 4.69) is 4.40 Å². The minimum Gasteiger partial charge on any atom is -0.508 e. The molecule has 1 aromatic rings. The summed E-state index contributed by atoms with van der Waals surface area (Å²) >= 11 is 0. The van der Waals surface area contributed by atoms with Crippen molar-refractivity contribution in [1.29, 1.82) is 0 Å². The molecule has 0 unspecified atom stereocenters. The van der Waals surface area contributed by atoms with Crippen LogP contribution >= 0.6 is 0 Å². The van der Waals surface area contributed by atoms with Crippen LogP contribution in [0.3, 0.4) is 0 Å². The second-order valence-corrected chi connectivity index (χ2v) is 5.04. The molecule has 90 valence electrons. The molecule has 0 saturated carbocycles. The smallest absolute Gasteiger partial charge is 0.283 e. The zero-order chi connectivity index (χ0) is 12.5. The van der Waals surface area contributed by atoms with Crippen LogP contribution in [0.1, 0.15) is 0 Å². The average Bonchev–Trinajstić information content (AvgIpc) is 2.48. The molecule has 0 amide bonds. The first kappa shape index (κ1) is 11.5. The number of ether oxygens (including phenoxy) is 1. The Morgan fingerprint density at radius 3 is 2.76 bits per heavy atom. The van der Waals surface area contributed by atoms with Crippen molar-refractivity contribution < 1.29 is 18.3 Å². The molecule has 0 atom stereocenters. The minimum absolute atomic E-state index is 0.00153. The third kappa shape index (κ3) is 2.56. The van der Waals surface area contributed by atoms with Crippen LogP contribution in [0.25, 0.3) is 0 Å². The van der Waals surface area contributed by atoms with E-state index in [0.29, 0.717) is 5.75 Å². The molecule has 17 heavy (non-hydrogen) atoms. The molecule has 2 rings (SSSR count). The average molecular weight is 254 g/mol. The highest BCUT2D eigenvalue weighted by molar-refractivity contribution is 7.94. The van der Waals surface area contributed by atoms with E-state index in [0.717, 1.165) is 0 Å². The molecule has 7 heteroatoms. The predicted molar refractivity (Wildman–Crippen MR) is 62.2 cm³/mol. The molecule has 1 aliphatic heterocycles. The Kier molecular flexibility index (Phi) is 2.76. The number of nitrogens with zero attached hydrogens (tertiary/aromatic N) is 1. The molecule has 1 aromatic carbocycles. The lowest BCUT2D eigenvalue weighted by atomic mass is 10.3. The molecular formula is C10H10N2O4S. The van der Waals surface area contributed by atoms with Crippen LogP contribution in [-0.2, 0) is 10.0 Å². The zero-order valence-corrected chi connectivity index (χ0v) is 9.52. The number of nitrogens with two attached hydrogens (primary N) is 1. The Balaban J connectivity index is 2.08. The van der Waals surface area contributed by atoms with Crippen LogP contribution in [0.2, 0.25) is 0 Å². The first-order valence-electron chi connectivity index (χ1n) is 4.70. The predicted octanol–water partition coefficient (Wildman–Crippen LogP) is 0.356. The molecular weight excluding hydrogens is 244 g/mol. The summed E-state index contributed by atoms with van der Waals surface area (Å²) in [4.78, 5) is -0.00153. The van der Waals surface area contributed by atoms with Gasteiger partial charge in [-0.25, -0.2) is 0 Å². The molecule has 0 saturated heterocycles. The standard InChI is InChI=1S/C10H10N2O4S/c11-10-5-9(17(14,15)12-10)6-16-8-3-1-2-7(13)4-8/h1-5,13H,6H2,(H2,11,12). The van der Waals surface area contributed by atoms with Crippen LogP contribution in [0, 0.1) is 0 Å². The van der Waals surface area contributed by atoms with E-state index in [1.165, 1.54) is 18.2 Å². The van der Waals surface area contributed by atoms with Gasteiger partial charge in [-0.2, -0.15) is 8.42 Å². The van der Waals surface area contributed by atoms with Gasteiger partial charge in [0, 0.05) is 12.1 Å². The Labute approximate surface area is 98.1 Å². The van der Waals surface area contributed by atoms with Crippen molar-refractivity contribution in [3.8, 4) is 11.5 Å². The molecule has 0 aliphatic carbocycles. The molecule has 3 N–H and O–H groups in total. The van der Waals surface area contributed by atoms with E-state index < -0.39 is 10.0 Å². The number of phenols is 1. The number of aromatic hydroxyl groups is 1. The second-order valence-electron chi connectivity index (χ2n) is 3.39. The summed E-state index contributed by atoms with van der Waals surface area (Å²) in [5, 5.41) is 9.19. The fraction of sp³-hybridized carbons (Fsp3) is 0.100. The zero-order valence-electron chi connectivity index (χ0n) is 8.70. The number of rotatable bonds is 3. The highest BCUT2D eigenvalue weighted by atomic mass is 32.2. The number of sulfonamides is 1. The number of amidine groups is 1. The van der Waals surface area contributed by atoms with Crippen molar-refractivity contribution in [2.75, 3.05) is 6.61 Å². The second kappa shape index (κ2) is 4.10. The fourth-order valence-corrected chi connectivity index (χ4v) is 2.23. The third-order valence-corrected chi connectivity index (χ3v) is 3.41. The Morgan fingerprint density at radius 2 is 2.18 bits per heavy atom. The summed E-state index contributed by atoms with van der Waals surface area (Å²) in [6, 6.07) is 6.06. The maximum atomic E-state index is 11.4. The Hall–Kier alpha value is -2.02. The molecule has 1 aliphatic rings. The summed E-state index contributed by atoms with van der Waals surface area (Å²) < 4.78 is 31.3. The number of hydrogen-bond donors (Lipinski definition) is 2. The summed E-state index contributed by atoms with van der Waals surface area (Å²) in [6.07, 6.45) is 1.25. The topological polar surface area (TPSA) is 102 Å². The molecule has 0 bridgehead atoms. The van der Waals surface area contributed by atoms with E-state index in [9.17, 15) is 13.5 Å². The number of hydrogen-bond acceptors (Lipinski definition) is 5. The summed E-state index contributed by atoms with van der Waals surface area (Å²) in [6.45, 7) is -0.171. The van der Waals surface area contributed by atoms with Gasteiger partial charge in [-0.3, -0.25) is 0 Å². The lowest BCUT2D eigenvalue weighted by Crippen LogP contribution is -2.07. The lowest BCUT2D eigenvalue weighted by Gasteiger charge is -2.05. The van der Waals surface area contributed by atoms with E-state index in [1.807, 2.05) is 0 Å². The van der Waals surface area contributed by atoms with E-state index in [1.54, 1.807) is 12.1 Å². The molecule has 1 heterocycles. The number of benzene rings is 1. The van der Waals surface area contributed by atoms with Crippen LogP contribution in [0.5, 0.6) is 11.5 Å². The number of phenolic OH excluding ortho intramolecular Hbond substituents is 1. The summed E-state index contributed by atoms with van der Waals surface area (Å²) in [5.41, 5.74) is 5.29.